The van der Waals surface area contributed by atoms with Crippen molar-refractivity contribution < 1.29 is 18.0 Å². The molecule has 0 aliphatic rings. The van der Waals surface area contributed by atoms with E-state index in [9.17, 15) is 18.0 Å². The molecule has 21 heavy (non-hydrogen) atoms. The average molecular weight is 303 g/mol. The van der Waals surface area contributed by atoms with Gasteiger partial charge in [0.2, 0.25) is 5.91 Å². The lowest BCUT2D eigenvalue weighted by Gasteiger charge is -2.26. The molecule has 0 spiro atoms. The summed E-state index contributed by atoms with van der Waals surface area (Å²) in [6.45, 7) is 1.30. The van der Waals surface area contributed by atoms with Crippen LogP contribution in [-0.4, -0.2) is 36.6 Å². The summed E-state index contributed by atoms with van der Waals surface area (Å²) in [4.78, 5) is 13.6. The molecule has 0 saturated carbocycles. The van der Waals surface area contributed by atoms with E-state index in [0.29, 0.717) is 13.5 Å². The first-order valence-corrected chi connectivity index (χ1v) is 6.41. The zero-order valence-electron chi connectivity index (χ0n) is 12.3. The van der Waals surface area contributed by atoms with Crippen LogP contribution in [0.1, 0.15) is 18.1 Å². The summed E-state index contributed by atoms with van der Waals surface area (Å²) >= 11 is 0. The second-order valence-electron chi connectivity index (χ2n) is 5.39. The van der Waals surface area contributed by atoms with Crippen LogP contribution < -0.4 is 11.1 Å². The Labute approximate surface area is 122 Å². The molecule has 0 bridgehead atoms. The summed E-state index contributed by atoms with van der Waals surface area (Å²) < 4.78 is 38.0. The predicted molar refractivity (Wildman–Crippen MR) is 74.3 cm³/mol. The van der Waals surface area contributed by atoms with Crippen LogP contribution in [0.2, 0.25) is 0 Å². The molecule has 1 atom stereocenters. The number of hydrogen-bond acceptors (Lipinski definition) is 3. The Morgan fingerprint density at radius 3 is 2.24 bits per heavy atom. The average Bonchev–Trinajstić information content (AvgIpc) is 2.35. The summed E-state index contributed by atoms with van der Waals surface area (Å²) in [5.41, 5.74) is 3.88. The van der Waals surface area contributed by atoms with Gasteiger partial charge in [0.1, 0.15) is 0 Å². The third kappa shape index (κ3) is 4.44. The number of nitrogens with one attached hydrogen (secondary N) is 1. The lowest BCUT2D eigenvalue weighted by molar-refractivity contribution is -0.187. The number of rotatable bonds is 5. The molecule has 0 aromatic heterocycles. The van der Waals surface area contributed by atoms with E-state index < -0.39 is 17.6 Å². The van der Waals surface area contributed by atoms with E-state index in [4.69, 9.17) is 5.73 Å². The molecule has 0 saturated heterocycles. The Bertz CT molecular complexity index is 498. The molecule has 0 fully saturated rings. The molecule has 4 nitrogen and oxygen atoms in total. The molecule has 0 heterocycles. The molecule has 0 aliphatic carbocycles. The second-order valence-corrected chi connectivity index (χ2v) is 5.39. The number of amides is 1. The fourth-order valence-corrected chi connectivity index (χ4v) is 1.71. The molecule has 0 radical (unpaired) electrons. The minimum atomic E-state index is -4.79. The molecule has 1 amide bonds. The number of nitrogens with two attached hydrogens (primary N) is 1. The van der Waals surface area contributed by atoms with E-state index in [-0.39, 0.29) is 6.54 Å². The van der Waals surface area contributed by atoms with Crippen LogP contribution in [0.25, 0.3) is 0 Å². The molecule has 7 heteroatoms. The van der Waals surface area contributed by atoms with Crippen LogP contribution in [0.5, 0.6) is 0 Å². The molecule has 3 N–H and O–H groups in total. The van der Waals surface area contributed by atoms with Crippen molar-refractivity contribution in [1.29, 1.82) is 0 Å². The first-order valence-electron chi connectivity index (χ1n) is 6.41. The molecular formula is C14H20F3N3O. The summed E-state index contributed by atoms with van der Waals surface area (Å²) in [5.74, 6) is -1.24. The van der Waals surface area contributed by atoms with Gasteiger partial charge in [-0.2, -0.15) is 13.2 Å². The highest BCUT2D eigenvalue weighted by Gasteiger charge is 2.53. The first kappa shape index (κ1) is 17.5. The maximum absolute atomic E-state index is 12.7. The Morgan fingerprint density at radius 1 is 1.24 bits per heavy atom. The molecule has 1 unspecified atom stereocenters. The fraction of sp³-hybridized carbons (Fsp3) is 0.500. The quantitative estimate of drug-likeness (QED) is 0.869. The van der Waals surface area contributed by atoms with Gasteiger partial charge in [0.25, 0.3) is 0 Å². The maximum Gasteiger partial charge on any atom is 0.415 e. The van der Waals surface area contributed by atoms with E-state index in [0.717, 1.165) is 11.1 Å². The Hall–Kier alpha value is -1.60. The number of benzene rings is 1. The SMILES string of the molecule is CN(C)Cc1ccccc1CNC(=O)C(C)(N)C(F)(F)F. The Balaban J connectivity index is 2.78. The highest BCUT2D eigenvalue weighted by atomic mass is 19.4. The van der Waals surface area contributed by atoms with Crippen molar-refractivity contribution in [3.63, 3.8) is 0 Å². The fourth-order valence-electron chi connectivity index (χ4n) is 1.71. The summed E-state index contributed by atoms with van der Waals surface area (Å²) in [6, 6.07) is 7.24. The normalized spacial score (nSPS) is 14.9. The molecule has 1 aromatic rings. The van der Waals surface area contributed by atoms with E-state index in [1.165, 1.54) is 0 Å². The van der Waals surface area contributed by atoms with Crippen LogP contribution >= 0.6 is 0 Å². The second kappa shape index (κ2) is 6.44. The summed E-state index contributed by atoms with van der Waals surface area (Å²) in [6.07, 6.45) is -4.79. The lowest BCUT2D eigenvalue weighted by Crippen LogP contribution is -2.61. The number of carbonyl (C=O) groups excluding carboxylic acids is 1. The predicted octanol–water partition coefficient (Wildman–Crippen LogP) is 1.64. The molecule has 1 rings (SSSR count). The van der Waals surface area contributed by atoms with Crippen molar-refractivity contribution in [2.75, 3.05) is 14.1 Å². The van der Waals surface area contributed by atoms with Crippen LogP contribution in [-0.2, 0) is 17.9 Å². The van der Waals surface area contributed by atoms with Crippen LogP contribution in [0, 0.1) is 0 Å². The minimum absolute atomic E-state index is 0.00567. The highest BCUT2D eigenvalue weighted by molar-refractivity contribution is 5.86. The van der Waals surface area contributed by atoms with Crippen molar-refractivity contribution in [2.45, 2.75) is 31.7 Å². The molecule has 1 aromatic carbocycles. The molecule has 118 valence electrons. The van der Waals surface area contributed by atoms with Crippen LogP contribution in [0.3, 0.4) is 0 Å². The standard InChI is InChI=1S/C14H20F3N3O/c1-13(18,14(15,16)17)12(21)19-8-10-6-4-5-7-11(10)9-20(2)3/h4-7H,8-9,18H2,1-3H3,(H,19,21). The smallest absolute Gasteiger partial charge is 0.350 e. The molecule has 0 aliphatic heterocycles. The van der Waals surface area contributed by atoms with Gasteiger partial charge in [-0.3, -0.25) is 4.79 Å². The topological polar surface area (TPSA) is 58.4 Å². The van der Waals surface area contributed by atoms with Crippen molar-refractivity contribution in [1.82, 2.24) is 10.2 Å². The number of halogens is 3. The monoisotopic (exact) mass is 303 g/mol. The zero-order valence-corrected chi connectivity index (χ0v) is 12.3. The van der Waals surface area contributed by atoms with Crippen LogP contribution in [0.4, 0.5) is 13.2 Å². The van der Waals surface area contributed by atoms with Gasteiger partial charge in [0.15, 0.2) is 5.54 Å². The zero-order chi connectivity index (χ0) is 16.3. The van der Waals surface area contributed by atoms with Crippen molar-refractivity contribution in [3.05, 3.63) is 35.4 Å². The highest BCUT2D eigenvalue weighted by Crippen LogP contribution is 2.28. The third-order valence-electron chi connectivity index (χ3n) is 3.10. The van der Waals surface area contributed by atoms with Gasteiger partial charge in [-0.15, -0.1) is 0 Å². The van der Waals surface area contributed by atoms with Gasteiger partial charge in [-0.25, -0.2) is 0 Å². The third-order valence-corrected chi connectivity index (χ3v) is 3.10. The maximum atomic E-state index is 12.7. The molecular weight excluding hydrogens is 283 g/mol. The Kier molecular flexibility index (Phi) is 5.36. The van der Waals surface area contributed by atoms with Crippen LogP contribution in [0.15, 0.2) is 24.3 Å². The van der Waals surface area contributed by atoms with Gasteiger partial charge in [-0.1, -0.05) is 24.3 Å². The minimum Gasteiger partial charge on any atom is -0.350 e. The number of carbonyl (C=O) groups is 1. The summed E-state index contributed by atoms with van der Waals surface area (Å²) in [7, 11) is 3.77. The number of alkyl halides is 3. The van der Waals surface area contributed by atoms with Gasteiger partial charge in [0, 0.05) is 13.1 Å². The van der Waals surface area contributed by atoms with Gasteiger partial charge in [0.05, 0.1) is 0 Å². The Morgan fingerprint density at radius 2 is 1.76 bits per heavy atom. The largest absolute Gasteiger partial charge is 0.415 e. The van der Waals surface area contributed by atoms with E-state index >= 15 is 0 Å². The van der Waals surface area contributed by atoms with Gasteiger partial charge >= 0.3 is 6.18 Å². The van der Waals surface area contributed by atoms with E-state index in [1.54, 1.807) is 12.1 Å². The van der Waals surface area contributed by atoms with Gasteiger partial charge in [-0.05, 0) is 32.1 Å². The summed E-state index contributed by atoms with van der Waals surface area (Å²) in [5, 5.41) is 2.26. The van der Waals surface area contributed by atoms with Crippen molar-refractivity contribution in [2.24, 2.45) is 5.73 Å². The number of hydrogen-bond donors (Lipinski definition) is 2. The van der Waals surface area contributed by atoms with E-state index in [2.05, 4.69) is 5.32 Å². The van der Waals surface area contributed by atoms with Crippen molar-refractivity contribution in [3.8, 4) is 0 Å². The van der Waals surface area contributed by atoms with Crippen molar-refractivity contribution >= 4 is 5.91 Å². The van der Waals surface area contributed by atoms with Gasteiger partial charge < -0.3 is 16.0 Å². The lowest BCUT2D eigenvalue weighted by atomic mass is 10.0. The first-order chi connectivity index (χ1) is 9.55. The van der Waals surface area contributed by atoms with E-state index in [1.807, 2.05) is 31.1 Å². The number of nitrogens with zero attached hydrogens (tertiary/aromatic N) is 1.